The van der Waals surface area contributed by atoms with Crippen molar-refractivity contribution in [1.29, 1.82) is 0 Å². The van der Waals surface area contributed by atoms with Crippen LogP contribution in [0.2, 0.25) is 20.1 Å². The second-order valence-electron chi connectivity index (χ2n) is 8.61. The van der Waals surface area contributed by atoms with Gasteiger partial charge in [-0.1, -0.05) is 65.5 Å². The number of thioether (sulfide) groups is 1. The number of carbonyl (C=O) groups is 2. The van der Waals surface area contributed by atoms with Crippen molar-refractivity contribution >= 4 is 70.0 Å². The zero-order valence-electron chi connectivity index (χ0n) is 19.1. The van der Waals surface area contributed by atoms with Gasteiger partial charge in [-0.25, -0.2) is 0 Å². The third kappa shape index (κ3) is 8.56. The van der Waals surface area contributed by atoms with Gasteiger partial charge in [-0.15, -0.1) is 11.8 Å². The van der Waals surface area contributed by atoms with Crippen molar-refractivity contribution < 1.29 is 9.59 Å². The smallest absolute Gasteiger partial charge is 0.243 e. The highest BCUT2D eigenvalue weighted by Gasteiger charge is 2.31. The summed E-state index contributed by atoms with van der Waals surface area (Å²) in [6.07, 6.45) is 0.448. The number of hydrogen-bond donors (Lipinski definition) is 1. The molecular weight excluding hydrogens is 522 g/mol. The fraction of sp³-hybridized carbons (Fsp3) is 0.417. The maximum atomic E-state index is 13.4. The lowest BCUT2D eigenvalue weighted by atomic mass is 10.1. The van der Waals surface area contributed by atoms with Crippen LogP contribution in [0.25, 0.3) is 0 Å². The van der Waals surface area contributed by atoms with E-state index in [4.69, 9.17) is 46.4 Å². The number of rotatable bonds is 9. The number of halogens is 4. The normalized spacial score (nSPS) is 12.4. The first-order valence-electron chi connectivity index (χ1n) is 10.5. The van der Waals surface area contributed by atoms with Gasteiger partial charge < -0.3 is 10.2 Å². The second-order valence-corrected chi connectivity index (χ2v) is 11.3. The minimum atomic E-state index is -0.663. The monoisotopic (exact) mass is 548 g/mol. The van der Waals surface area contributed by atoms with Crippen LogP contribution in [0.1, 0.15) is 45.2 Å². The Morgan fingerprint density at radius 3 is 2.21 bits per heavy atom. The van der Waals surface area contributed by atoms with Crippen molar-refractivity contribution in [3.05, 3.63) is 67.6 Å². The Morgan fingerprint density at radius 2 is 1.67 bits per heavy atom. The number of nitrogens with one attached hydrogen (secondary N) is 1. The number of hydrogen-bond acceptors (Lipinski definition) is 3. The van der Waals surface area contributed by atoms with E-state index in [1.165, 1.54) is 11.8 Å². The first-order valence-corrected chi connectivity index (χ1v) is 13.2. The van der Waals surface area contributed by atoms with Crippen LogP contribution in [0, 0.1) is 0 Å². The number of amides is 2. The molecule has 0 saturated heterocycles. The Morgan fingerprint density at radius 1 is 1.03 bits per heavy atom. The predicted octanol–water partition coefficient (Wildman–Crippen LogP) is 7.26. The molecule has 1 N–H and O–H groups in total. The molecule has 0 radical (unpaired) electrons. The maximum absolute atomic E-state index is 13.4. The zero-order chi connectivity index (χ0) is 24.8. The van der Waals surface area contributed by atoms with E-state index >= 15 is 0 Å². The molecule has 4 nitrogen and oxygen atoms in total. The molecule has 180 valence electrons. The Labute approximate surface area is 220 Å². The van der Waals surface area contributed by atoms with E-state index in [2.05, 4.69) is 5.32 Å². The quantitative estimate of drug-likeness (QED) is 0.358. The summed E-state index contributed by atoms with van der Waals surface area (Å²) in [6, 6.07) is 9.81. The van der Waals surface area contributed by atoms with Gasteiger partial charge in [0.25, 0.3) is 0 Å². The molecule has 33 heavy (non-hydrogen) atoms. The van der Waals surface area contributed by atoms with Gasteiger partial charge in [-0.3, -0.25) is 9.59 Å². The van der Waals surface area contributed by atoms with Gasteiger partial charge in [0.15, 0.2) is 0 Å². The van der Waals surface area contributed by atoms with Gasteiger partial charge in [-0.2, -0.15) is 0 Å². The van der Waals surface area contributed by atoms with Crippen molar-refractivity contribution in [3.8, 4) is 0 Å². The molecule has 2 aromatic carbocycles. The summed E-state index contributed by atoms with van der Waals surface area (Å²) in [6.45, 7) is 7.72. The van der Waals surface area contributed by atoms with Crippen LogP contribution in [0.5, 0.6) is 0 Å². The minimum absolute atomic E-state index is 0.135. The number of benzene rings is 2. The molecule has 2 amide bonds. The first-order chi connectivity index (χ1) is 15.4. The zero-order valence-corrected chi connectivity index (χ0v) is 22.9. The SMILES string of the molecule is CC[C@@H](C(=O)NC(C)(C)C)N(Cc1c(Cl)cccc1Cl)C(=O)CSCc1ccc(Cl)cc1Cl. The summed E-state index contributed by atoms with van der Waals surface area (Å²) in [4.78, 5) is 28.0. The Hall–Kier alpha value is -1.11. The second kappa shape index (κ2) is 12.6. The van der Waals surface area contributed by atoms with E-state index in [-0.39, 0.29) is 24.1 Å². The van der Waals surface area contributed by atoms with Gasteiger partial charge in [0.1, 0.15) is 6.04 Å². The van der Waals surface area contributed by atoms with Crippen LogP contribution in [0.15, 0.2) is 36.4 Å². The summed E-state index contributed by atoms with van der Waals surface area (Å²) in [5, 5.41) is 4.99. The Bertz CT molecular complexity index is 975. The molecule has 2 rings (SSSR count). The molecule has 0 fully saturated rings. The number of nitrogens with zero attached hydrogens (tertiary/aromatic N) is 1. The first kappa shape index (κ1) is 28.1. The van der Waals surface area contributed by atoms with Crippen LogP contribution in [-0.4, -0.2) is 34.0 Å². The summed E-state index contributed by atoms with van der Waals surface area (Å²) in [5.41, 5.74) is 1.07. The average molecular weight is 550 g/mol. The van der Waals surface area contributed by atoms with E-state index in [1.54, 1.807) is 35.2 Å². The standard InChI is InChI=1S/C24H28Cl4N2O2S/c1-5-21(23(32)29-24(2,3)4)30(12-17-18(26)7-6-8-19(17)27)22(31)14-33-13-15-9-10-16(25)11-20(15)28/h6-11,21H,5,12-14H2,1-4H3,(H,29,32)/t21-/m0/s1. The molecule has 0 aliphatic rings. The highest BCUT2D eigenvalue weighted by molar-refractivity contribution is 7.99. The molecule has 0 aliphatic heterocycles. The molecule has 0 bridgehead atoms. The molecule has 0 aliphatic carbocycles. The number of carbonyl (C=O) groups excluding carboxylic acids is 2. The molecule has 0 saturated carbocycles. The lowest BCUT2D eigenvalue weighted by Gasteiger charge is -2.33. The van der Waals surface area contributed by atoms with E-state index in [0.717, 1.165) is 5.56 Å². The molecule has 0 spiro atoms. The largest absolute Gasteiger partial charge is 0.350 e. The fourth-order valence-corrected chi connectivity index (χ4v) is 5.18. The summed E-state index contributed by atoms with van der Waals surface area (Å²) in [7, 11) is 0. The molecule has 0 heterocycles. The van der Waals surface area contributed by atoms with E-state index < -0.39 is 11.6 Å². The fourth-order valence-electron chi connectivity index (χ4n) is 3.20. The van der Waals surface area contributed by atoms with Crippen molar-refractivity contribution in [2.24, 2.45) is 0 Å². The van der Waals surface area contributed by atoms with Crippen molar-refractivity contribution in [2.45, 2.75) is 58.0 Å². The van der Waals surface area contributed by atoms with Crippen LogP contribution in [0.3, 0.4) is 0 Å². The van der Waals surface area contributed by atoms with Crippen LogP contribution < -0.4 is 5.32 Å². The molecular formula is C24H28Cl4N2O2S. The Kier molecular flexibility index (Phi) is 10.7. The Balaban J connectivity index is 2.24. The molecule has 0 aromatic heterocycles. The van der Waals surface area contributed by atoms with Crippen molar-refractivity contribution in [3.63, 3.8) is 0 Å². The third-order valence-corrected chi connectivity index (χ3v) is 7.03. The topological polar surface area (TPSA) is 49.4 Å². The highest BCUT2D eigenvalue weighted by atomic mass is 35.5. The summed E-state index contributed by atoms with van der Waals surface area (Å²) >= 11 is 26.4. The molecule has 9 heteroatoms. The predicted molar refractivity (Wildman–Crippen MR) is 142 cm³/mol. The van der Waals surface area contributed by atoms with Crippen LogP contribution in [0.4, 0.5) is 0 Å². The van der Waals surface area contributed by atoms with Gasteiger partial charge in [0.05, 0.1) is 5.75 Å². The van der Waals surface area contributed by atoms with Crippen molar-refractivity contribution in [1.82, 2.24) is 10.2 Å². The van der Waals surface area contributed by atoms with E-state index in [1.807, 2.05) is 33.8 Å². The van der Waals surface area contributed by atoms with Gasteiger partial charge >= 0.3 is 0 Å². The van der Waals surface area contributed by atoms with Crippen LogP contribution >= 0.6 is 58.2 Å². The summed E-state index contributed by atoms with van der Waals surface area (Å²) in [5.74, 6) is 0.303. The minimum Gasteiger partial charge on any atom is -0.350 e. The highest BCUT2D eigenvalue weighted by Crippen LogP contribution is 2.28. The molecule has 0 unspecified atom stereocenters. The van der Waals surface area contributed by atoms with Gasteiger partial charge in [0.2, 0.25) is 11.8 Å². The molecule has 2 aromatic rings. The average Bonchev–Trinajstić information content (AvgIpc) is 2.70. The van der Waals surface area contributed by atoms with E-state index in [0.29, 0.717) is 37.8 Å². The van der Waals surface area contributed by atoms with E-state index in [9.17, 15) is 9.59 Å². The van der Waals surface area contributed by atoms with Crippen molar-refractivity contribution in [2.75, 3.05) is 5.75 Å². The lowest BCUT2D eigenvalue weighted by molar-refractivity contribution is -0.140. The lowest BCUT2D eigenvalue weighted by Crippen LogP contribution is -2.53. The van der Waals surface area contributed by atoms with Crippen LogP contribution in [-0.2, 0) is 21.9 Å². The summed E-state index contributed by atoms with van der Waals surface area (Å²) < 4.78 is 0. The third-order valence-electron chi connectivity index (χ3n) is 4.77. The molecule has 1 atom stereocenters. The van der Waals surface area contributed by atoms with Gasteiger partial charge in [-0.05, 0) is 57.0 Å². The maximum Gasteiger partial charge on any atom is 0.243 e. The van der Waals surface area contributed by atoms with Gasteiger partial charge in [0, 0.05) is 43.5 Å².